The number of carboxylic acids is 2. The van der Waals surface area contributed by atoms with Crippen LogP contribution in [0.15, 0.2) is 42.5 Å². The Labute approximate surface area is 278 Å². The van der Waals surface area contributed by atoms with Crippen molar-refractivity contribution in [2.24, 2.45) is 5.92 Å². The van der Waals surface area contributed by atoms with Gasteiger partial charge in [0.25, 0.3) is 11.8 Å². The summed E-state index contributed by atoms with van der Waals surface area (Å²) >= 11 is 0. The lowest BCUT2D eigenvalue weighted by molar-refractivity contribution is 0.0672. The van der Waals surface area contributed by atoms with Crippen LogP contribution in [-0.2, 0) is 19.7 Å². The van der Waals surface area contributed by atoms with Crippen molar-refractivity contribution in [2.45, 2.75) is 38.0 Å². The number of hydrogen-bond acceptors (Lipinski definition) is 12. The van der Waals surface area contributed by atoms with E-state index in [-0.39, 0.29) is 29.4 Å². The second kappa shape index (κ2) is 13.0. The van der Waals surface area contributed by atoms with Crippen LogP contribution in [0.25, 0.3) is 0 Å². The summed E-state index contributed by atoms with van der Waals surface area (Å²) in [4.78, 5) is 23.3. The molecule has 5 rings (SSSR count). The number of carbonyl (C=O) groups is 2. The zero-order chi connectivity index (χ0) is 35.7. The van der Waals surface area contributed by atoms with Crippen molar-refractivity contribution in [3.8, 4) is 45.6 Å². The third-order valence-electron chi connectivity index (χ3n) is 6.87. The fourth-order valence-electron chi connectivity index (χ4n) is 4.17. The molecule has 0 radical (unpaired) electrons. The number of carboxylic acid groups (broad SMARTS) is 2. The molecule has 49 heavy (non-hydrogen) atoms. The lowest BCUT2D eigenvalue weighted by atomic mass is 10.2. The molecule has 0 amide bonds. The first-order valence-electron chi connectivity index (χ1n) is 14.0. The molecule has 3 N–H and O–H groups in total. The molecule has 2 heterocycles. The predicted octanol–water partition coefficient (Wildman–Crippen LogP) is 3.02. The van der Waals surface area contributed by atoms with E-state index in [1.807, 2.05) is 0 Å². The van der Waals surface area contributed by atoms with Crippen LogP contribution in [0.4, 0.5) is 4.39 Å². The van der Waals surface area contributed by atoms with Crippen molar-refractivity contribution in [1.29, 1.82) is 0 Å². The summed E-state index contributed by atoms with van der Waals surface area (Å²) < 4.78 is 75.2. The zero-order valence-electron chi connectivity index (χ0n) is 25.7. The Hall–Kier alpha value is -5.79. The van der Waals surface area contributed by atoms with Gasteiger partial charge in [0.1, 0.15) is 17.3 Å². The van der Waals surface area contributed by atoms with Crippen LogP contribution in [-0.4, -0.2) is 79.9 Å². The number of ether oxygens (including phenoxy) is 2. The van der Waals surface area contributed by atoms with E-state index in [4.69, 9.17) is 14.6 Å². The van der Waals surface area contributed by atoms with Crippen LogP contribution >= 0.6 is 0 Å². The SMILES string of the molecule is CC(C)(C)S(=O)(=O)C#Cc1ccc(Oc2nnn(C3CC3CS(=O)(=O)C#Cc3cc(F)cc(Oc4nn[nH]c4C(=O)O)c3)c2C(=O)O)cc1. The number of sulfone groups is 2. The summed E-state index contributed by atoms with van der Waals surface area (Å²) in [5, 5.41) is 40.0. The van der Waals surface area contributed by atoms with Gasteiger partial charge in [-0.15, -0.1) is 0 Å². The molecule has 0 bridgehead atoms. The minimum Gasteiger partial charge on any atom is -0.476 e. The third kappa shape index (κ3) is 8.20. The number of halogens is 1. The average Bonchev–Trinajstić information content (AvgIpc) is 3.37. The van der Waals surface area contributed by atoms with Crippen LogP contribution in [0.2, 0.25) is 0 Å². The third-order valence-corrected chi connectivity index (χ3v) is 10.1. The molecule has 1 saturated carbocycles. The maximum Gasteiger partial charge on any atom is 0.359 e. The van der Waals surface area contributed by atoms with Crippen molar-refractivity contribution in [3.63, 3.8) is 0 Å². The molecule has 0 aliphatic heterocycles. The van der Waals surface area contributed by atoms with Gasteiger partial charge < -0.3 is 19.7 Å². The van der Waals surface area contributed by atoms with E-state index in [1.54, 1.807) is 0 Å². The Morgan fingerprint density at radius 3 is 2.27 bits per heavy atom. The highest BCUT2D eigenvalue weighted by Gasteiger charge is 2.45. The van der Waals surface area contributed by atoms with Crippen LogP contribution in [0.5, 0.6) is 23.3 Å². The summed E-state index contributed by atoms with van der Waals surface area (Å²) in [5.41, 5.74) is -0.614. The first-order chi connectivity index (χ1) is 22.9. The summed E-state index contributed by atoms with van der Waals surface area (Å²) in [7, 11) is -7.75. The van der Waals surface area contributed by atoms with E-state index in [0.717, 1.165) is 16.8 Å². The second-order valence-electron chi connectivity index (χ2n) is 11.6. The van der Waals surface area contributed by atoms with Crippen molar-refractivity contribution < 1.29 is 50.5 Å². The van der Waals surface area contributed by atoms with Gasteiger partial charge in [-0.25, -0.2) is 40.6 Å². The molecular formula is C30H25FN6O10S2. The van der Waals surface area contributed by atoms with Gasteiger partial charge in [-0.2, -0.15) is 0 Å². The highest BCUT2D eigenvalue weighted by atomic mass is 32.2. The zero-order valence-corrected chi connectivity index (χ0v) is 27.3. The second-order valence-corrected chi connectivity index (χ2v) is 15.8. The molecule has 2 aromatic carbocycles. The maximum atomic E-state index is 14.2. The van der Waals surface area contributed by atoms with Crippen LogP contribution in [0.1, 0.15) is 65.3 Å². The first-order valence-corrected chi connectivity index (χ1v) is 17.2. The Morgan fingerprint density at radius 2 is 1.61 bits per heavy atom. The van der Waals surface area contributed by atoms with E-state index in [9.17, 15) is 35.9 Å². The predicted molar refractivity (Wildman–Crippen MR) is 167 cm³/mol. The summed E-state index contributed by atoms with van der Waals surface area (Å²) in [6.45, 7) is 4.60. The lowest BCUT2D eigenvalue weighted by Gasteiger charge is -2.13. The monoisotopic (exact) mass is 712 g/mol. The molecule has 16 nitrogen and oxygen atoms in total. The largest absolute Gasteiger partial charge is 0.476 e. The van der Waals surface area contributed by atoms with Crippen molar-refractivity contribution in [3.05, 3.63) is 70.8 Å². The molecule has 0 saturated heterocycles. The molecule has 2 atom stereocenters. The number of nitrogens with zero attached hydrogens (tertiary/aromatic N) is 5. The molecule has 1 aliphatic rings. The normalized spacial score (nSPS) is 15.7. The average molecular weight is 713 g/mol. The van der Waals surface area contributed by atoms with Gasteiger partial charge in [0, 0.05) is 27.7 Å². The Bertz CT molecular complexity index is 2310. The Balaban J connectivity index is 1.26. The molecule has 1 aliphatic carbocycles. The summed E-state index contributed by atoms with van der Waals surface area (Å²) in [6, 6.07) is 8.26. The molecule has 2 aromatic heterocycles. The topological polar surface area (TPSA) is 234 Å². The molecule has 2 unspecified atom stereocenters. The highest BCUT2D eigenvalue weighted by molar-refractivity contribution is 7.97. The lowest BCUT2D eigenvalue weighted by Crippen LogP contribution is -2.25. The number of rotatable bonds is 9. The number of nitrogens with one attached hydrogen (secondary N) is 1. The van der Waals surface area contributed by atoms with Gasteiger partial charge in [-0.1, -0.05) is 20.6 Å². The van der Waals surface area contributed by atoms with E-state index < -0.39 is 77.2 Å². The van der Waals surface area contributed by atoms with Crippen molar-refractivity contribution >= 4 is 31.6 Å². The molecule has 4 aromatic rings. The molecule has 0 spiro atoms. The van der Waals surface area contributed by atoms with Gasteiger partial charge in [0.15, 0.2) is 0 Å². The molecular weight excluding hydrogens is 687 g/mol. The Morgan fingerprint density at radius 1 is 0.939 bits per heavy atom. The minimum absolute atomic E-state index is 0.0902. The fourth-order valence-corrected chi connectivity index (χ4v) is 6.01. The maximum absolute atomic E-state index is 14.2. The number of aromatic carboxylic acids is 2. The quantitative estimate of drug-likeness (QED) is 0.212. The first kappa shape index (κ1) is 34.5. The molecule has 1 fully saturated rings. The van der Waals surface area contributed by atoms with Crippen molar-refractivity contribution in [1.82, 2.24) is 30.4 Å². The van der Waals surface area contributed by atoms with Gasteiger partial charge in [-0.05, 0) is 81.3 Å². The van der Waals surface area contributed by atoms with E-state index >= 15 is 0 Å². The molecule has 254 valence electrons. The van der Waals surface area contributed by atoms with Gasteiger partial charge in [0.05, 0.1) is 16.5 Å². The van der Waals surface area contributed by atoms with Crippen molar-refractivity contribution in [2.75, 3.05) is 5.75 Å². The number of H-pyrrole nitrogens is 1. The van der Waals surface area contributed by atoms with Gasteiger partial charge in [-0.3, -0.25) is 0 Å². The van der Waals surface area contributed by atoms with E-state index in [1.165, 1.54) is 51.1 Å². The molecule has 19 heteroatoms. The highest BCUT2D eigenvalue weighted by Crippen LogP contribution is 2.45. The number of aromatic amines is 1. The van der Waals surface area contributed by atoms with E-state index in [2.05, 4.69) is 48.1 Å². The summed E-state index contributed by atoms with van der Waals surface area (Å²) in [6.07, 6.45) is 0.246. The van der Waals surface area contributed by atoms with Crippen LogP contribution < -0.4 is 9.47 Å². The Kier molecular flexibility index (Phi) is 9.18. The summed E-state index contributed by atoms with van der Waals surface area (Å²) in [5.74, 6) is -0.624. The fraction of sp³-hybridized carbons (Fsp3) is 0.267. The van der Waals surface area contributed by atoms with Gasteiger partial charge in [0.2, 0.25) is 31.1 Å². The number of aromatic nitrogens is 6. The van der Waals surface area contributed by atoms with Crippen LogP contribution in [0.3, 0.4) is 0 Å². The number of benzene rings is 2. The standard InChI is InChI=1S/C30H25FN6O10S2/c1-30(2,3)49(44,45)11-9-17-4-6-21(7-5-17)46-27-25(29(40)41)37(36-34-27)23-14-19(23)16-48(42,43)10-8-18-12-20(31)15-22(13-18)47-26-24(28(38)39)32-35-33-26/h4-7,12-13,15,19,23H,14,16H2,1-3H3,(H,38,39)(H,40,41)(H,32,33,35). The number of hydrogen-bond donors (Lipinski definition) is 3. The van der Waals surface area contributed by atoms with Gasteiger partial charge >= 0.3 is 11.9 Å². The smallest absolute Gasteiger partial charge is 0.359 e. The minimum atomic E-state index is -4.07. The van der Waals surface area contributed by atoms with E-state index in [0.29, 0.717) is 5.56 Å². The van der Waals surface area contributed by atoms with Crippen LogP contribution in [0, 0.1) is 34.1 Å².